The predicted molar refractivity (Wildman–Crippen MR) is 41.7 cm³/mol. The number of aliphatic carboxylic acids is 2. The van der Waals surface area contributed by atoms with Crippen LogP contribution in [0.2, 0.25) is 0 Å². The van der Waals surface area contributed by atoms with Gasteiger partial charge in [0.05, 0.1) is 6.42 Å². The zero-order chi connectivity index (χ0) is 8.85. The number of thiocarbonyl (C=S) groups is 1. The Morgan fingerprint density at radius 1 is 1.09 bits per heavy atom. The third-order valence-corrected chi connectivity index (χ3v) is 1.31. The molecule has 0 aromatic rings. The van der Waals surface area contributed by atoms with E-state index >= 15 is 0 Å². The highest BCUT2D eigenvalue weighted by Gasteiger charge is 2.05. The van der Waals surface area contributed by atoms with Gasteiger partial charge in [0, 0.05) is 11.3 Å². The maximum atomic E-state index is 10.0. The van der Waals surface area contributed by atoms with E-state index in [1.165, 1.54) is 0 Å². The molecule has 0 bridgehead atoms. The van der Waals surface area contributed by atoms with Crippen LogP contribution in [-0.2, 0) is 9.59 Å². The van der Waals surface area contributed by atoms with Crippen molar-refractivity contribution in [2.24, 2.45) is 0 Å². The Kier molecular flexibility index (Phi) is 4.36. The van der Waals surface area contributed by atoms with Crippen molar-refractivity contribution in [3.05, 3.63) is 0 Å². The first-order chi connectivity index (χ1) is 5.02. The van der Waals surface area contributed by atoms with E-state index in [9.17, 15) is 9.59 Å². The lowest BCUT2D eigenvalue weighted by Gasteiger charge is -1.95. The highest BCUT2D eigenvalue weighted by Crippen LogP contribution is 1.97. The standard InChI is InChI=1S/C6H8O4S/c7-5(8)2-1-4(11)3-6(9)10/h1-3H2,(H,7,8)(H,9,10). The minimum Gasteiger partial charge on any atom is -0.481 e. The second-order valence-corrected chi connectivity index (χ2v) is 2.58. The Hall–Kier alpha value is -0.970. The molecule has 0 radical (unpaired) electrons. The molecule has 0 rings (SSSR count). The average molecular weight is 176 g/mol. The van der Waals surface area contributed by atoms with Gasteiger partial charge < -0.3 is 10.2 Å². The van der Waals surface area contributed by atoms with Crippen LogP contribution in [-0.4, -0.2) is 27.0 Å². The van der Waals surface area contributed by atoms with Crippen molar-refractivity contribution in [2.45, 2.75) is 19.3 Å². The van der Waals surface area contributed by atoms with E-state index in [0.29, 0.717) is 0 Å². The molecule has 0 aromatic heterocycles. The zero-order valence-corrected chi connectivity index (χ0v) is 6.56. The summed E-state index contributed by atoms with van der Waals surface area (Å²) in [5, 5.41) is 16.4. The average Bonchev–Trinajstić information content (AvgIpc) is 1.82. The van der Waals surface area contributed by atoms with Crippen LogP contribution in [0, 0.1) is 0 Å². The molecule has 0 aliphatic carbocycles. The summed E-state index contributed by atoms with van der Waals surface area (Å²) in [6.07, 6.45) is -0.147. The molecule has 0 aliphatic heterocycles. The molecular formula is C6H8O4S. The van der Waals surface area contributed by atoms with Crippen LogP contribution < -0.4 is 0 Å². The molecule has 0 amide bonds. The summed E-state index contributed by atoms with van der Waals surface area (Å²) >= 11 is 4.60. The predicted octanol–water partition coefficient (Wildman–Crippen LogP) is 0.696. The topological polar surface area (TPSA) is 74.6 Å². The van der Waals surface area contributed by atoms with E-state index < -0.39 is 11.9 Å². The first-order valence-corrected chi connectivity index (χ1v) is 3.38. The molecule has 5 heteroatoms. The van der Waals surface area contributed by atoms with Crippen LogP contribution in [0.15, 0.2) is 0 Å². The molecule has 0 unspecified atom stereocenters. The van der Waals surface area contributed by atoms with Gasteiger partial charge in [-0.25, -0.2) is 0 Å². The second-order valence-electron chi connectivity index (χ2n) is 2.00. The van der Waals surface area contributed by atoms with Gasteiger partial charge in [-0.1, -0.05) is 12.2 Å². The molecule has 4 nitrogen and oxygen atoms in total. The Morgan fingerprint density at radius 2 is 1.64 bits per heavy atom. The largest absolute Gasteiger partial charge is 0.481 e. The number of rotatable bonds is 5. The summed E-state index contributed by atoms with van der Waals surface area (Å²) in [6, 6.07) is 0. The second kappa shape index (κ2) is 4.79. The van der Waals surface area contributed by atoms with Gasteiger partial charge >= 0.3 is 11.9 Å². The number of carbonyl (C=O) groups is 2. The van der Waals surface area contributed by atoms with Crippen molar-refractivity contribution < 1.29 is 19.8 Å². The molecular weight excluding hydrogens is 168 g/mol. The summed E-state index contributed by atoms with van der Waals surface area (Å²) in [5.74, 6) is -1.97. The van der Waals surface area contributed by atoms with Crippen molar-refractivity contribution in [3.63, 3.8) is 0 Å². The summed E-state index contributed by atoms with van der Waals surface area (Å²) in [6.45, 7) is 0. The number of carboxylic acids is 2. The molecule has 0 saturated carbocycles. The van der Waals surface area contributed by atoms with Crippen LogP contribution in [0.5, 0.6) is 0 Å². The number of hydrogen-bond acceptors (Lipinski definition) is 3. The molecule has 2 N–H and O–H groups in total. The van der Waals surface area contributed by atoms with Gasteiger partial charge in [0.2, 0.25) is 0 Å². The zero-order valence-electron chi connectivity index (χ0n) is 5.74. The molecule has 0 spiro atoms. The fourth-order valence-corrected chi connectivity index (χ4v) is 0.729. The summed E-state index contributed by atoms with van der Waals surface area (Å²) in [5.41, 5.74) is 0. The van der Waals surface area contributed by atoms with Crippen molar-refractivity contribution in [1.82, 2.24) is 0 Å². The van der Waals surface area contributed by atoms with Crippen LogP contribution in [0.1, 0.15) is 19.3 Å². The van der Waals surface area contributed by atoms with Gasteiger partial charge in [0.15, 0.2) is 0 Å². The van der Waals surface area contributed by atoms with Crippen molar-refractivity contribution in [3.8, 4) is 0 Å². The van der Waals surface area contributed by atoms with Crippen LogP contribution in [0.4, 0.5) is 0 Å². The first-order valence-electron chi connectivity index (χ1n) is 2.97. The fraction of sp³-hybridized carbons (Fsp3) is 0.500. The van der Waals surface area contributed by atoms with Crippen LogP contribution >= 0.6 is 12.2 Å². The minimum atomic E-state index is -1.01. The van der Waals surface area contributed by atoms with E-state index in [0.717, 1.165) is 0 Å². The SMILES string of the molecule is O=C(O)CCC(=S)CC(=O)O. The van der Waals surface area contributed by atoms with E-state index in [1.807, 2.05) is 0 Å². The highest BCUT2D eigenvalue weighted by atomic mass is 32.1. The van der Waals surface area contributed by atoms with Crippen LogP contribution in [0.25, 0.3) is 0 Å². The van der Waals surface area contributed by atoms with E-state index in [1.54, 1.807) is 0 Å². The van der Waals surface area contributed by atoms with Crippen molar-refractivity contribution in [2.75, 3.05) is 0 Å². The lowest BCUT2D eigenvalue weighted by Crippen LogP contribution is -2.06. The van der Waals surface area contributed by atoms with Crippen LogP contribution in [0.3, 0.4) is 0 Å². The van der Waals surface area contributed by atoms with Gasteiger partial charge in [-0.2, -0.15) is 0 Å². The highest BCUT2D eigenvalue weighted by molar-refractivity contribution is 7.80. The molecule has 62 valence electrons. The molecule has 0 saturated heterocycles. The molecule has 0 heterocycles. The normalized spacial score (nSPS) is 9.09. The summed E-state index contributed by atoms with van der Waals surface area (Å²) in [4.78, 5) is 20.3. The Bertz CT molecular complexity index is 187. The van der Waals surface area contributed by atoms with E-state index in [-0.39, 0.29) is 24.1 Å². The molecule has 0 aromatic carbocycles. The van der Waals surface area contributed by atoms with E-state index in [2.05, 4.69) is 12.2 Å². The lowest BCUT2D eigenvalue weighted by molar-refractivity contribution is -0.137. The van der Waals surface area contributed by atoms with Crippen molar-refractivity contribution in [1.29, 1.82) is 0 Å². The fourth-order valence-electron chi connectivity index (χ4n) is 0.503. The van der Waals surface area contributed by atoms with Gasteiger partial charge in [0.1, 0.15) is 0 Å². The molecule has 0 fully saturated rings. The maximum absolute atomic E-state index is 10.0. The minimum absolute atomic E-state index is 0.0912. The smallest absolute Gasteiger partial charge is 0.308 e. The summed E-state index contributed by atoms with van der Waals surface area (Å²) < 4.78 is 0. The van der Waals surface area contributed by atoms with E-state index in [4.69, 9.17) is 10.2 Å². The van der Waals surface area contributed by atoms with Gasteiger partial charge in [0.25, 0.3) is 0 Å². The number of hydrogen-bond donors (Lipinski definition) is 2. The number of carboxylic acid groups (broad SMARTS) is 2. The summed E-state index contributed by atoms with van der Waals surface area (Å²) in [7, 11) is 0. The maximum Gasteiger partial charge on any atom is 0.308 e. The molecule has 11 heavy (non-hydrogen) atoms. The first kappa shape index (κ1) is 10.0. The molecule has 0 aliphatic rings. The Labute approximate surface area is 68.8 Å². The Morgan fingerprint density at radius 3 is 2.00 bits per heavy atom. The van der Waals surface area contributed by atoms with Gasteiger partial charge in [-0.05, 0) is 6.42 Å². The third kappa shape index (κ3) is 6.92. The van der Waals surface area contributed by atoms with Crippen molar-refractivity contribution >= 4 is 29.0 Å². The van der Waals surface area contributed by atoms with Gasteiger partial charge in [-0.15, -0.1) is 0 Å². The monoisotopic (exact) mass is 176 g/mol. The lowest BCUT2D eigenvalue weighted by atomic mass is 10.2. The molecule has 0 atom stereocenters. The Balaban J connectivity index is 3.53. The van der Waals surface area contributed by atoms with Gasteiger partial charge in [-0.3, -0.25) is 9.59 Å². The quantitative estimate of drug-likeness (QED) is 0.603. The third-order valence-electron chi connectivity index (χ3n) is 0.966.